The highest BCUT2D eigenvalue weighted by molar-refractivity contribution is 5.98. The van der Waals surface area contributed by atoms with E-state index in [4.69, 9.17) is 5.11 Å². The summed E-state index contributed by atoms with van der Waals surface area (Å²) in [5, 5.41) is 12.3. The van der Waals surface area contributed by atoms with Crippen molar-refractivity contribution in [3.63, 3.8) is 0 Å². The number of aromatic carboxylic acids is 1. The number of hydrogen-bond donors (Lipinski definition) is 2. The molecule has 3 aromatic rings. The number of rotatable bonds is 3. The first-order valence-corrected chi connectivity index (χ1v) is 8.43. The molecule has 1 aromatic heterocycles. The minimum atomic E-state index is -1.04. The van der Waals surface area contributed by atoms with Crippen molar-refractivity contribution in [3.8, 4) is 0 Å². The lowest BCUT2D eigenvalue weighted by atomic mass is 9.72. The molecule has 0 radical (unpaired) electrons. The third-order valence-electron chi connectivity index (χ3n) is 4.94. The first-order chi connectivity index (χ1) is 13.0. The van der Waals surface area contributed by atoms with Gasteiger partial charge in [0.1, 0.15) is 11.2 Å². The van der Waals surface area contributed by atoms with Crippen LogP contribution in [0.25, 0.3) is 0 Å². The van der Waals surface area contributed by atoms with Crippen molar-refractivity contribution in [3.05, 3.63) is 99.8 Å². The molecular weight excluding hydrogens is 344 g/mol. The largest absolute Gasteiger partial charge is 0.478 e. The highest BCUT2D eigenvalue weighted by Gasteiger charge is 2.45. The fourth-order valence-electron chi connectivity index (χ4n) is 3.54. The van der Waals surface area contributed by atoms with Gasteiger partial charge in [0.2, 0.25) is 5.91 Å². The monoisotopic (exact) mass is 360 g/mol. The number of nitrogens with zero attached hydrogens (tertiary/aromatic N) is 1. The van der Waals surface area contributed by atoms with Gasteiger partial charge < -0.3 is 10.4 Å². The Morgan fingerprint density at radius 1 is 0.963 bits per heavy atom. The molecule has 0 saturated heterocycles. The van der Waals surface area contributed by atoms with E-state index in [9.17, 15) is 14.4 Å². The third kappa shape index (κ3) is 2.62. The molecule has 2 N–H and O–H groups in total. The SMILES string of the molecule is O=C(O)c1ccc(C2(c3ccccc3)CNc3cc(=O)ccn3C2=O)cc1. The van der Waals surface area contributed by atoms with Crippen LogP contribution >= 0.6 is 0 Å². The van der Waals surface area contributed by atoms with Crippen LogP contribution in [0.4, 0.5) is 5.82 Å². The minimum Gasteiger partial charge on any atom is -0.478 e. The number of nitrogens with one attached hydrogen (secondary N) is 1. The number of carboxylic acid groups (broad SMARTS) is 1. The van der Waals surface area contributed by atoms with Gasteiger partial charge in [-0.1, -0.05) is 42.5 Å². The second-order valence-corrected chi connectivity index (χ2v) is 6.43. The number of carbonyl (C=O) groups is 2. The van der Waals surface area contributed by atoms with Crippen LogP contribution in [0.3, 0.4) is 0 Å². The molecule has 6 heteroatoms. The standard InChI is InChI=1S/C21H16N2O4/c24-17-10-11-23-18(12-17)22-13-21(20(23)27,15-4-2-1-3-5-15)16-8-6-14(7-9-16)19(25)26/h1-12,22H,13H2,(H,25,26). The van der Waals surface area contributed by atoms with Gasteiger partial charge in [-0.05, 0) is 23.3 Å². The second kappa shape index (κ2) is 6.25. The molecular formula is C21H16N2O4. The lowest BCUT2D eigenvalue weighted by Gasteiger charge is -2.38. The maximum absolute atomic E-state index is 13.6. The van der Waals surface area contributed by atoms with E-state index in [0.29, 0.717) is 11.4 Å². The van der Waals surface area contributed by atoms with Gasteiger partial charge in [0.25, 0.3) is 0 Å². The summed E-state index contributed by atoms with van der Waals surface area (Å²) < 4.78 is 1.43. The zero-order chi connectivity index (χ0) is 19.0. The lowest BCUT2D eigenvalue weighted by molar-refractivity contribution is 0.0696. The molecule has 0 spiro atoms. The number of pyridine rings is 1. The van der Waals surface area contributed by atoms with E-state index in [0.717, 1.165) is 5.56 Å². The van der Waals surface area contributed by atoms with E-state index < -0.39 is 11.4 Å². The van der Waals surface area contributed by atoms with E-state index in [2.05, 4.69) is 5.32 Å². The molecule has 1 atom stereocenters. The van der Waals surface area contributed by atoms with E-state index in [1.54, 1.807) is 12.1 Å². The summed E-state index contributed by atoms with van der Waals surface area (Å²) in [5.74, 6) is -0.780. The molecule has 0 amide bonds. The van der Waals surface area contributed by atoms with Crippen molar-refractivity contribution in [1.29, 1.82) is 0 Å². The van der Waals surface area contributed by atoms with Crippen molar-refractivity contribution in [2.75, 3.05) is 11.9 Å². The summed E-state index contributed by atoms with van der Waals surface area (Å²) in [4.78, 5) is 36.4. The summed E-state index contributed by atoms with van der Waals surface area (Å²) >= 11 is 0. The Morgan fingerprint density at radius 2 is 1.63 bits per heavy atom. The number of benzene rings is 2. The molecule has 1 unspecified atom stereocenters. The first-order valence-electron chi connectivity index (χ1n) is 8.43. The average Bonchev–Trinajstić information content (AvgIpc) is 2.69. The fourth-order valence-corrected chi connectivity index (χ4v) is 3.54. The van der Waals surface area contributed by atoms with Crippen LogP contribution in [0.5, 0.6) is 0 Å². The molecule has 4 rings (SSSR count). The molecule has 0 aliphatic carbocycles. The van der Waals surface area contributed by atoms with Crippen LogP contribution in [0.2, 0.25) is 0 Å². The molecule has 0 fully saturated rings. The van der Waals surface area contributed by atoms with Gasteiger partial charge in [-0.25, -0.2) is 4.79 Å². The average molecular weight is 360 g/mol. The van der Waals surface area contributed by atoms with E-state index in [1.165, 1.54) is 35.0 Å². The molecule has 0 bridgehead atoms. The predicted octanol–water partition coefficient (Wildman–Crippen LogP) is 2.60. The molecule has 0 saturated carbocycles. The van der Waals surface area contributed by atoms with Crippen LogP contribution in [0.15, 0.2) is 77.7 Å². The van der Waals surface area contributed by atoms with Gasteiger partial charge >= 0.3 is 5.97 Å². The van der Waals surface area contributed by atoms with E-state index >= 15 is 0 Å². The molecule has 2 aromatic carbocycles. The third-order valence-corrected chi connectivity index (χ3v) is 4.94. The first kappa shape index (κ1) is 16.8. The zero-order valence-corrected chi connectivity index (χ0v) is 14.3. The normalized spacial score (nSPS) is 18.4. The Kier molecular flexibility index (Phi) is 3.88. The van der Waals surface area contributed by atoms with Crippen molar-refractivity contribution in [2.45, 2.75) is 5.41 Å². The summed E-state index contributed by atoms with van der Waals surface area (Å²) in [6.07, 6.45) is 1.47. The topological polar surface area (TPSA) is 88.4 Å². The Bertz CT molecular complexity index is 1090. The summed E-state index contributed by atoms with van der Waals surface area (Å²) in [5.41, 5.74) is 0.401. The van der Waals surface area contributed by atoms with Crippen LogP contribution in [0, 0.1) is 0 Å². The summed E-state index contributed by atoms with van der Waals surface area (Å²) in [6.45, 7) is 0.256. The van der Waals surface area contributed by atoms with Crippen LogP contribution < -0.4 is 10.7 Å². The molecule has 1 aliphatic heterocycles. The maximum Gasteiger partial charge on any atom is 0.335 e. The number of hydrogen-bond acceptors (Lipinski definition) is 4. The van der Waals surface area contributed by atoms with Crippen molar-refractivity contribution in [2.24, 2.45) is 0 Å². The number of carboxylic acids is 1. The van der Waals surface area contributed by atoms with Gasteiger partial charge in [0.05, 0.1) is 5.56 Å². The van der Waals surface area contributed by atoms with Gasteiger partial charge in [0.15, 0.2) is 5.43 Å². The number of anilines is 1. The Hall–Kier alpha value is -3.67. The van der Waals surface area contributed by atoms with Crippen molar-refractivity contribution >= 4 is 17.7 Å². The minimum absolute atomic E-state index is 0.155. The smallest absolute Gasteiger partial charge is 0.335 e. The van der Waals surface area contributed by atoms with Gasteiger partial charge in [-0.15, -0.1) is 0 Å². The molecule has 134 valence electrons. The Labute approximate surface area is 154 Å². The number of aromatic nitrogens is 1. The van der Waals surface area contributed by atoms with E-state index in [1.807, 2.05) is 30.3 Å². The van der Waals surface area contributed by atoms with Gasteiger partial charge in [-0.2, -0.15) is 0 Å². The van der Waals surface area contributed by atoms with Gasteiger partial charge in [-0.3, -0.25) is 14.2 Å². The van der Waals surface area contributed by atoms with Crippen LogP contribution in [-0.2, 0) is 5.41 Å². The lowest BCUT2D eigenvalue weighted by Crippen LogP contribution is -2.50. The molecule has 6 nitrogen and oxygen atoms in total. The fraction of sp³-hybridized carbons (Fsp3) is 0.0952. The predicted molar refractivity (Wildman–Crippen MR) is 100 cm³/mol. The second-order valence-electron chi connectivity index (χ2n) is 6.43. The maximum atomic E-state index is 13.6. The summed E-state index contributed by atoms with van der Waals surface area (Å²) in [6, 6.07) is 18.4. The quantitative estimate of drug-likeness (QED) is 0.750. The number of carbonyl (C=O) groups excluding carboxylic acids is 1. The highest BCUT2D eigenvalue weighted by Crippen LogP contribution is 2.37. The molecule has 1 aliphatic rings. The van der Waals surface area contributed by atoms with E-state index in [-0.39, 0.29) is 23.4 Å². The highest BCUT2D eigenvalue weighted by atomic mass is 16.4. The Balaban J connectivity index is 1.93. The molecule has 2 heterocycles. The van der Waals surface area contributed by atoms with Gasteiger partial charge in [0, 0.05) is 24.9 Å². The van der Waals surface area contributed by atoms with Crippen molar-refractivity contribution < 1.29 is 14.7 Å². The van der Waals surface area contributed by atoms with Crippen LogP contribution in [-0.4, -0.2) is 28.1 Å². The number of fused-ring (bicyclic) bond motifs is 1. The molecule has 27 heavy (non-hydrogen) atoms. The van der Waals surface area contributed by atoms with Crippen molar-refractivity contribution in [1.82, 2.24) is 4.57 Å². The summed E-state index contributed by atoms with van der Waals surface area (Å²) in [7, 11) is 0. The zero-order valence-electron chi connectivity index (χ0n) is 14.3. The Morgan fingerprint density at radius 3 is 2.30 bits per heavy atom. The van der Waals surface area contributed by atoms with Crippen LogP contribution in [0.1, 0.15) is 26.3 Å².